The first-order valence-corrected chi connectivity index (χ1v) is 7.78. The van der Waals surface area contributed by atoms with E-state index in [-0.39, 0.29) is 24.3 Å². The molecule has 7 heteroatoms. The number of aromatic nitrogens is 4. The molecule has 0 saturated carbocycles. The van der Waals surface area contributed by atoms with Crippen LogP contribution in [-0.4, -0.2) is 25.5 Å². The van der Waals surface area contributed by atoms with Gasteiger partial charge in [0.25, 0.3) is 5.78 Å². The summed E-state index contributed by atoms with van der Waals surface area (Å²) in [5, 5.41) is 7.14. The normalized spacial score (nSPS) is 12.3. The van der Waals surface area contributed by atoms with Gasteiger partial charge in [-0.2, -0.15) is 9.50 Å². The van der Waals surface area contributed by atoms with Crippen LogP contribution in [0.25, 0.3) is 5.78 Å². The molecular weight excluding hydrogens is 304 g/mol. The summed E-state index contributed by atoms with van der Waals surface area (Å²) in [6.45, 7) is 5.71. The molecule has 0 bridgehead atoms. The highest BCUT2D eigenvalue weighted by Crippen LogP contribution is 2.16. The number of anilines is 1. The van der Waals surface area contributed by atoms with Gasteiger partial charge < -0.3 is 11.1 Å². The third-order valence-electron chi connectivity index (χ3n) is 4.08. The summed E-state index contributed by atoms with van der Waals surface area (Å²) in [5.74, 6) is 0.556. The van der Waals surface area contributed by atoms with Crippen LogP contribution in [0.5, 0.6) is 0 Å². The zero-order chi connectivity index (χ0) is 17.3. The van der Waals surface area contributed by atoms with E-state index in [2.05, 4.69) is 20.4 Å². The lowest BCUT2D eigenvalue weighted by Gasteiger charge is -2.15. The van der Waals surface area contributed by atoms with Crippen molar-refractivity contribution >= 4 is 17.6 Å². The number of nitrogen functional groups attached to an aromatic ring is 1. The van der Waals surface area contributed by atoms with Crippen LogP contribution in [0.1, 0.15) is 35.5 Å². The van der Waals surface area contributed by atoms with E-state index in [0.717, 1.165) is 22.5 Å². The van der Waals surface area contributed by atoms with Crippen LogP contribution >= 0.6 is 0 Å². The van der Waals surface area contributed by atoms with Crippen LogP contribution in [0.15, 0.2) is 30.3 Å². The summed E-state index contributed by atoms with van der Waals surface area (Å²) in [6.07, 6.45) is 0.234. The number of nitrogens with one attached hydrogen (secondary N) is 1. The van der Waals surface area contributed by atoms with Crippen LogP contribution in [-0.2, 0) is 11.2 Å². The average molecular weight is 324 g/mol. The molecule has 7 nitrogen and oxygen atoms in total. The molecule has 1 atom stereocenters. The highest BCUT2D eigenvalue weighted by Gasteiger charge is 2.16. The summed E-state index contributed by atoms with van der Waals surface area (Å²) in [5.41, 5.74) is 9.12. The van der Waals surface area contributed by atoms with Crippen LogP contribution < -0.4 is 11.1 Å². The third kappa shape index (κ3) is 3.05. The van der Waals surface area contributed by atoms with E-state index in [1.807, 2.05) is 51.1 Å². The minimum Gasteiger partial charge on any atom is -0.366 e. The van der Waals surface area contributed by atoms with Crippen LogP contribution in [0.3, 0.4) is 0 Å². The third-order valence-corrected chi connectivity index (χ3v) is 4.08. The molecule has 24 heavy (non-hydrogen) atoms. The number of hydrogen-bond donors (Lipinski definition) is 2. The van der Waals surface area contributed by atoms with Crippen LogP contribution in [0.2, 0.25) is 0 Å². The Balaban J connectivity index is 1.80. The second-order valence-electron chi connectivity index (χ2n) is 5.82. The van der Waals surface area contributed by atoms with Crippen LogP contribution in [0, 0.1) is 13.8 Å². The molecule has 3 aromatic rings. The van der Waals surface area contributed by atoms with Crippen molar-refractivity contribution in [3.05, 3.63) is 52.8 Å². The van der Waals surface area contributed by atoms with Crippen molar-refractivity contribution in [3.8, 4) is 0 Å². The molecule has 0 saturated heterocycles. The molecule has 0 fully saturated rings. The molecule has 0 unspecified atom stereocenters. The second-order valence-corrected chi connectivity index (χ2v) is 5.82. The fourth-order valence-electron chi connectivity index (χ4n) is 2.76. The van der Waals surface area contributed by atoms with Crippen molar-refractivity contribution in [2.75, 3.05) is 5.73 Å². The Bertz CT molecular complexity index is 887. The van der Waals surface area contributed by atoms with Gasteiger partial charge in [-0.15, -0.1) is 5.10 Å². The predicted molar refractivity (Wildman–Crippen MR) is 91.4 cm³/mol. The first-order chi connectivity index (χ1) is 11.5. The van der Waals surface area contributed by atoms with Gasteiger partial charge in [0.1, 0.15) is 0 Å². The first-order valence-electron chi connectivity index (χ1n) is 7.78. The standard InChI is InChI=1S/C17H20N6O/c1-10(13-7-5-4-6-8-13)19-15(24)9-14-11(2)20-17-21-16(18)22-23(17)12(14)3/h4-8,10H,9H2,1-3H3,(H2,18,22)(H,19,24)/t10-/m0/s1. The number of fused-ring (bicyclic) bond motifs is 1. The van der Waals surface area contributed by atoms with E-state index in [9.17, 15) is 4.79 Å². The maximum absolute atomic E-state index is 12.4. The smallest absolute Gasteiger partial charge is 0.254 e. The van der Waals surface area contributed by atoms with Gasteiger partial charge in [0.2, 0.25) is 11.9 Å². The topological polar surface area (TPSA) is 98.2 Å². The lowest BCUT2D eigenvalue weighted by Crippen LogP contribution is -2.29. The summed E-state index contributed by atoms with van der Waals surface area (Å²) in [6, 6.07) is 9.80. The van der Waals surface area contributed by atoms with Crippen molar-refractivity contribution in [3.63, 3.8) is 0 Å². The molecule has 0 aliphatic rings. The summed E-state index contributed by atoms with van der Waals surface area (Å²) in [7, 11) is 0. The fraction of sp³-hybridized carbons (Fsp3) is 0.294. The molecule has 2 aromatic heterocycles. The highest BCUT2D eigenvalue weighted by atomic mass is 16.1. The largest absolute Gasteiger partial charge is 0.366 e. The van der Waals surface area contributed by atoms with E-state index in [1.54, 1.807) is 4.52 Å². The van der Waals surface area contributed by atoms with Crippen LogP contribution in [0.4, 0.5) is 5.95 Å². The number of carbonyl (C=O) groups excluding carboxylic acids is 1. The quantitative estimate of drug-likeness (QED) is 0.762. The zero-order valence-electron chi connectivity index (χ0n) is 13.9. The van der Waals surface area contributed by atoms with Crippen molar-refractivity contribution in [1.29, 1.82) is 0 Å². The molecule has 1 amide bonds. The maximum atomic E-state index is 12.4. The first kappa shape index (κ1) is 15.9. The number of benzene rings is 1. The number of amides is 1. The number of nitrogens with two attached hydrogens (primary N) is 1. The van der Waals surface area contributed by atoms with E-state index in [1.165, 1.54) is 0 Å². The monoisotopic (exact) mass is 324 g/mol. The maximum Gasteiger partial charge on any atom is 0.254 e. The molecule has 124 valence electrons. The zero-order valence-corrected chi connectivity index (χ0v) is 13.9. The lowest BCUT2D eigenvalue weighted by molar-refractivity contribution is -0.121. The number of nitrogens with zero attached hydrogens (tertiary/aromatic N) is 4. The van der Waals surface area contributed by atoms with E-state index in [4.69, 9.17) is 5.73 Å². The number of rotatable bonds is 4. The highest BCUT2D eigenvalue weighted by molar-refractivity contribution is 5.79. The molecule has 2 heterocycles. The Morgan fingerprint density at radius 3 is 2.67 bits per heavy atom. The van der Waals surface area contributed by atoms with Gasteiger partial charge in [0.05, 0.1) is 12.5 Å². The Kier molecular flexibility index (Phi) is 4.16. The Labute approximate surface area is 139 Å². The van der Waals surface area contributed by atoms with E-state index in [0.29, 0.717) is 5.78 Å². The van der Waals surface area contributed by atoms with E-state index >= 15 is 0 Å². The molecule has 0 aliphatic heterocycles. The van der Waals surface area contributed by atoms with Gasteiger partial charge in [-0.25, -0.2) is 4.98 Å². The van der Waals surface area contributed by atoms with E-state index < -0.39 is 0 Å². The minimum atomic E-state index is -0.0632. The van der Waals surface area contributed by atoms with Crippen molar-refractivity contribution in [2.45, 2.75) is 33.2 Å². The van der Waals surface area contributed by atoms with Gasteiger partial charge in [-0.05, 0) is 26.3 Å². The predicted octanol–water partition coefficient (Wildman–Crippen LogP) is 1.74. The Hall–Kier alpha value is -2.96. The van der Waals surface area contributed by atoms with Gasteiger partial charge in [0.15, 0.2) is 0 Å². The number of aryl methyl sites for hydroxylation is 2. The summed E-state index contributed by atoms with van der Waals surface area (Å²) < 4.78 is 1.57. The molecule has 3 N–H and O–H groups in total. The molecular formula is C17H20N6O. The fourth-order valence-corrected chi connectivity index (χ4v) is 2.76. The second kappa shape index (κ2) is 6.27. The number of carbonyl (C=O) groups is 1. The summed E-state index contributed by atoms with van der Waals surface area (Å²) >= 11 is 0. The van der Waals surface area contributed by atoms with Crippen molar-refractivity contribution in [2.24, 2.45) is 0 Å². The lowest BCUT2D eigenvalue weighted by atomic mass is 10.1. The Morgan fingerprint density at radius 1 is 1.25 bits per heavy atom. The SMILES string of the molecule is Cc1nc2nc(N)nn2c(C)c1CC(=O)N[C@@H](C)c1ccccc1. The average Bonchev–Trinajstić information content (AvgIpc) is 2.92. The van der Waals surface area contributed by atoms with Crippen molar-refractivity contribution < 1.29 is 4.79 Å². The number of hydrogen-bond acceptors (Lipinski definition) is 5. The van der Waals surface area contributed by atoms with Gasteiger partial charge in [0, 0.05) is 17.0 Å². The minimum absolute atomic E-state index is 0.0574. The molecule has 3 rings (SSSR count). The molecule has 0 radical (unpaired) electrons. The molecule has 0 aliphatic carbocycles. The Morgan fingerprint density at radius 2 is 1.96 bits per heavy atom. The van der Waals surface area contributed by atoms with Gasteiger partial charge >= 0.3 is 0 Å². The molecule has 0 spiro atoms. The summed E-state index contributed by atoms with van der Waals surface area (Å²) in [4.78, 5) is 20.9. The van der Waals surface area contributed by atoms with Gasteiger partial charge in [-0.3, -0.25) is 4.79 Å². The van der Waals surface area contributed by atoms with Gasteiger partial charge in [-0.1, -0.05) is 30.3 Å². The van der Waals surface area contributed by atoms with Crippen molar-refractivity contribution in [1.82, 2.24) is 24.9 Å². The molecule has 1 aromatic carbocycles.